The standard InChI is InChI=1S/C8H11FN2O2/c1-13-3-2-11-5-6(9)4-7(10)8(11)12/h4-5H,2-3,10H2,1H3. The molecule has 0 bridgehead atoms. The molecule has 0 aliphatic carbocycles. The van der Waals surface area contributed by atoms with E-state index in [1.165, 1.54) is 11.7 Å². The Kier molecular flexibility index (Phi) is 3.02. The van der Waals surface area contributed by atoms with Crippen molar-refractivity contribution in [2.24, 2.45) is 0 Å². The first-order chi connectivity index (χ1) is 6.15. The lowest BCUT2D eigenvalue weighted by atomic mass is 10.4. The average Bonchev–Trinajstić information content (AvgIpc) is 2.09. The highest BCUT2D eigenvalue weighted by atomic mass is 19.1. The van der Waals surface area contributed by atoms with Crippen molar-refractivity contribution in [3.05, 3.63) is 28.4 Å². The normalized spacial score (nSPS) is 10.3. The molecule has 0 saturated carbocycles. The second-order valence-electron chi connectivity index (χ2n) is 2.61. The summed E-state index contributed by atoms with van der Waals surface area (Å²) in [6.45, 7) is 0.653. The highest BCUT2D eigenvalue weighted by molar-refractivity contribution is 5.34. The van der Waals surface area contributed by atoms with Gasteiger partial charge in [-0.15, -0.1) is 0 Å². The molecule has 1 rings (SSSR count). The van der Waals surface area contributed by atoms with Crippen molar-refractivity contribution < 1.29 is 9.13 Å². The van der Waals surface area contributed by atoms with Crippen molar-refractivity contribution in [2.75, 3.05) is 19.5 Å². The number of methoxy groups -OCH3 is 1. The van der Waals surface area contributed by atoms with Crippen LogP contribution in [-0.4, -0.2) is 18.3 Å². The maximum atomic E-state index is 12.8. The molecule has 0 saturated heterocycles. The van der Waals surface area contributed by atoms with Gasteiger partial charge in [0.25, 0.3) is 5.56 Å². The number of hydrogen-bond acceptors (Lipinski definition) is 3. The Morgan fingerprint density at radius 2 is 2.38 bits per heavy atom. The van der Waals surface area contributed by atoms with Crippen molar-refractivity contribution >= 4 is 5.69 Å². The summed E-state index contributed by atoms with van der Waals surface area (Å²) in [6, 6.07) is 1.01. The Morgan fingerprint density at radius 1 is 1.69 bits per heavy atom. The third-order valence-corrected chi connectivity index (χ3v) is 1.62. The molecule has 0 fully saturated rings. The lowest BCUT2D eigenvalue weighted by molar-refractivity contribution is 0.186. The van der Waals surface area contributed by atoms with Gasteiger partial charge in [-0.05, 0) is 0 Å². The largest absolute Gasteiger partial charge is 0.394 e. The van der Waals surface area contributed by atoms with Crippen LogP contribution >= 0.6 is 0 Å². The maximum Gasteiger partial charge on any atom is 0.273 e. The molecular weight excluding hydrogens is 175 g/mol. The number of nitrogen functional groups attached to an aromatic ring is 1. The Morgan fingerprint density at radius 3 is 3.00 bits per heavy atom. The van der Waals surface area contributed by atoms with E-state index < -0.39 is 11.4 Å². The first-order valence-electron chi connectivity index (χ1n) is 3.79. The number of nitrogens with zero attached hydrogens (tertiary/aromatic N) is 1. The molecule has 5 heteroatoms. The first-order valence-corrected chi connectivity index (χ1v) is 3.79. The van der Waals surface area contributed by atoms with Crippen LogP contribution in [0.15, 0.2) is 17.1 Å². The fourth-order valence-electron chi connectivity index (χ4n) is 0.977. The van der Waals surface area contributed by atoms with Crippen molar-refractivity contribution in [3.8, 4) is 0 Å². The molecule has 0 spiro atoms. The van der Waals surface area contributed by atoms with Crippen LogP contribution in [0.2, 0.25) is 0 Å². The van der Waals surface area contributed by atoms with Crippen LogP contribution in [-0.2, 0) is 11.3 Å². The molecule has 0 aliphatic rings. The summed E-state index contributed by atoms with van der Waals surface area (Å²) >= 11 is 0. The van der Waals surface area contributed by atoms with E-state index >= 15 is 0 Å². The molecule has 72 valence electrons. The van der Waals surface area contributed by atoms with Crippen LogP contribution in [0, 0.1) is 5.82 Å². The monoisotopic (exact) mass is 186 g/mol. The summed E-state index contributed by atoms with van der Waals surface area (Å²) in [5, 5.41) is 0. The Labute approximate surface area is 74.7 Å². The Balaban J connectivity index is 2.99. The summed E-state index contributed by atoms with van der Waals surface area (Å²) in [6.07, 6.45) is 1.11. The molecule has 4 nitrogen and oxygen atoms in total. The lowest BCUT2D eigenvalue weighted by Gasteiger charge is -2.05. The van der Waals surface area contributed by atoms with Crippen LogP contribution in [0.1, 0.15) is 0 Å². The predicted molar refractivity (Wildman–Crippen MR) is 46.9 cm³/mol. The molecule has 1 aromatic heterocycles. The summed E-state index contributed by atoms with van der Waals surface area (Å²) in [7, 11) is 1.51. The second kappa shape index (κ2) is 4.04. The Bertz CT molecular complexity index is 348. The smallest absolute Gasteiger partial charge is 0.273 e. The van der Waals surface area contributed by atoms with E-state index in [0.717, 1.165) is 12.3 Å². The first kappa shape index (κ1) is 9.73. The number of pyridine rings is 1. The molecule has 0 radical (unpaired) electrons. The molecular formula is C8H11FN2O2. The summed E-state index contributed by atoms with van der Waals surface area (Å²) in [5.74, 6) is -0.520. The van der Waals surface area contributed by atoms with Gasteiger partial charge in [-0.1, -0.05) is 0 Å². The number of hydrogen-bond donors (Lipinski definition) is 1. The minimum atomic E-state index is -0.520. The molecule has 1 heterocycles. The van der Waals surface area contributed by atoms with Crippen molar-refractivity contribution in [3.63, 3.8) is 0 Å². The molecule has 0 amide bonds. The van der Waals surface area contributed by atoms with E-state index in [0.29, 0.717) is 13.2 Å². The highest BCUT2D eigenvalue weighted by Gasteiger charge is 2.02. The van der Waals surface area contributed by atoms with Gasteiger partial charge in [0, 0.05) is 25.9 Å². The minimum Gasteiger partial charge on any atom is -0.394 e. The predicted octanol–water partition coefficient (Wildman–Crippen LogP) is 0.216. The molecule has 1 aromatic rings. The van der Waals surface area contributed by atoms with Crippen LogP contribution in [0.3, 0.4) is 0 Å². The number of halogens is 1. The van der Waals surface area contributed by atoms with Gasteiger partial charge in [0.1, 0.15) is 11.5 Å². The van der Waals surface area contributed by atoms with E-state index in [-0.39, 0.29) is 5.69 Å². The van der Waals surface area contributed by atoms with Crippen molar-refractivity contribution in [2.45, 2.75) is 6.54 Å². The van der Waals surface area contributed by atoms with Crippen LogP contribution in [0.4, 0.5) is 10.1 Å². The van der Waals surface area contributed by atoms with Crippen molar-refractivity contribution in [1.29, 1.82) is 0 Å². The van der Waals surface area contributed by atoms with E-state index in [4.69, 9.17) is 10.5 Å². The van der Waals surface area contributed by atoms with Gasteiger partial charge in [-0.25, -0.2) is 4.39 Å². The zero-order chi connectivity index (χ0) is 9.84. The van der Waals surface area contributed by atoms with E-state index in [2.05, 4.69) is 0 Å². The number of aromatic nitrogens is 1. The van der Waals surface area contributed by atoms with Gasteiger partial charge in [0.05, 0.1) is 6.61 Å². The molecule has 0 aliphatic heterocycles. The maximum absolute atomic E-state index is 12.8. The summed E-state index contributed by atoms with van der Waals surface area (Å²) < 4.78 is 18.7. The molecule has 0 aromatic carbocycles. The SMILES string of the molecule is COCCn1cc(F)cc(N)c1=O. The fraction of sp³-hybridized carbons (Fsp3) is 0.375. The number of ether oxygens (including phenoxy) is 1. The van der Waals surface area contributed by atoms with Crippen LogP contribution in [0.5, 0.6) is 0 Å². The molecule has 13 heavy (non-hydrogen) atoms. The molecule has 0 unspecified atom stereocenters. The van der Waals surface area contributed by atoms with Gasteiger partial charge in [0.15, 0.2) is 0 Å². The average molecular weight is 186 g/mol. The van der Waals surface area contributed by atoms with E-state index in [1.54, 1.807) is 0 Å². The van der Waals surface area contributed by atoms with Crippen LogP contribution in [0.25, 0.3) is 0 Å². The minimum absolute atomic E-state index is 0.0869. The van der Waals surface area contributed by atoms with Gasteiger partial charge in [-0.3, -0.25) is 4.79 Å². The zero-order valence-electron chi connectivity index (χ0n) is 7.29. The third kappa shape index (κ3) is 2.29. The summed E-state index contributed by atoms with van der Waals surface area (Å²) in [4.78, 5) is 11.2. The number of rotatable bonds is 3. The quantitative estimate of drug-likeness (QED) is 0.734. The van der Waals surface area contributed by atoms with Gasteiger partial charge in [-0.2, -0.15) is 0 Å². The lowest BCUT2D eigenvalue weighted by Crippen LogP contribution is -2.24. The van der Waals surface area contributed by atoms with E-state index in [1.807, 2.05) is 0 Å². The van der Waals surface area contributed by atoms with Crippen LogP contribution < -0.4 is 11.3 Å². The van der Waals surface area contributed by atoms with Gasteiger partial charge in [0.2, 0.25) is 0 Å². The fourth-order valence-corrected chi connectivity index (χ4v) is 0.977. The molecule has 2 N–H and O–H groups in total. The summed E-state index contributed by atoms with van der Waals surface area (Å²) in [5.41, 5.74) is 4.80. The second-order valence-corrected chi connectivity index (χ2v) is 2.61. The number of anilines is 1. The van der Waals surface area contributed by atoms with E-state index in [9.17, 15) is 9.18 Å². The molecule has 0 atom stereocenters. The third-order valence-electron chi connectivity index (χ3n) is 1.62. The Hall–Kier alpha value is -1.36. The van der Waals surface area contributed by atoms with Gasteiger partial charge >= 0.3 is 0 Å². The van der Waals surface area contributed by atoms with Crippen molar-refractivity contribution in [1.82, 2.24) is 4.57 Å². The number of nitrogens with two attached hydrogens (primary N) is 1. The topological polar surface area (TPSA) is 57.2 Å². The van der Waals surface area contributed by atoms with Gasteiger partial charge < -0.3 is 15.0 Å². The zero-order valence-corrected chi connectivity index (χ0v) is 7.29. The highest BCUT2D eigenvalue weighted by Crippen LogP contribution is 1.98.